The van der Waals surface area contributed by atoms with E-state index in [2.05, 4.69) is 5.32 Å². The quantitative estimate of drug-likeness (QED) is 0.797. The number of aromatic carboxylic acids is 1. The van der Waals surface area contributed by atoms with Crippen molar-refractivity contribution in [3.63, 3.8) is 0 Å². The number of carbonyl (C=O) groups is 1. The van der Waals surface area contributed by atoms with Crippen LogP contribution in [-0.2, 0) is 13.0 Å². The molecule has 0 radical (unpaired) electrons. The van der Waals surface area contributed by atoms with Gasteiger partial charge in [-0.05, 0) is 43.7 Å². The van der Waals surface area contributed by atoms with Crippen LogP contribution in [0.15, 0.2) is 34.7 Å². The van der Waals surface area contributed by atoms with Gasteiger partial charge in [-0.2, -0.15) is 0 Å². The maximum Gasteiger partial charge on any atom is 0.372 e. The van der Waals surface area contributed by atoms with E-state index in [1.807, 2.05) is 0 Å². The van der Waals surface area contributed by atoms with Crippen LogP contribution in [-0.4, -0.2) is 17.6 Å². The summed E-state index contributed by atoms with van der Waals surface area (Å²) in [7, 11) is 0. The molecule has 0 saturated carbocycles. The van der Waals surface area contributed by atoms with Gasteiger partial charge in [0.15, 0.2) is 0 Å². The van der Waals surface area contributed by atoms with Crippen LogP contribution in [0.5, 0.6) is 0 Å². The molecule has 1 aromatic heterocycles. The molecular weight excluding hydrogens is 261 g/mol. The molecule has 2 N–H and O–H groups in total. The monoisotopic (exact) mass is 277 g/mol. The van der Waals surface area contributed by atoms with Crippen molar-refractivity contribution in [2.24, 2.45) is 0 Å². The summed E-state index contributed by atoms with van der Waals surface area (Å²) in [5.41, 5.74) is 1.66. The highest BCUT2D eigenvalue weighted by Gasteiger charge is 2.13. The molecule has 0 aliphatic rings. The number of furan rings is 1. The number of nitrogens with one attached hydrogen (secondary N) is 1. The SMILES string of the molecule is Cc1cc(CNCCc2ccc(F)cc2)oc1C(=O)O. The number of hydrogen-bond donors (Lipinski definition) is 2. The zero-order valence-electron chi connectivity index (χ0n) is 11.1. The molecule has 0 amide bonds. The molecule has 106 valence electrons. The molecule has 1 aromatic carbocycles. The predicted octanol–water partition coefficient (Wildman–Crippen LogP) is 2.76. The molecule has 0 saturated heterocycles. The van der Waals surface area contributed by atoms with E-state index in [0.717, 1.165) is 12.0 Å². The summed E-state index contributed by atoms with van der Waals surface area (Å²) in [6, 6.07) is 8.08. The van der Waals surface area contributed by atoms with Crippen molar-refractivity contribution in [2.75, 3.05) is 6.54 Å². The Labute approximate surface area is 116 Å². The van der Waals surface area contributed by atoms with Crippen LogP contribution in [0.3, 0.4) is 0 Å². The smallest absolute Gasteiger partial charge is 0.372 e. The number of rotatable bonds is 6. The zero-order valence-corrected chi connectivity index (χ0v) is 11.1. The van der Waals surface area contributed by atoms with E-state index in [1.54, 1.807) is 25.1 Å². The Morgan fingerprint density at radius 2 is 2.05 bits per heavy atom. The summed E-state index contributed by atoms with van der Waals surface area (Å²) in [6.07, 6.45) is 0.770. The van der Waals surface area contributed by atoms with Gasteiger partial charge in [0.05, 0.1) is 6.54 Å². The topological polar surface area (TPSA) is 62.5 Å². The van der Waals surface area contributed by atoms with Crippen LogP contribution < -0.4 is 5.32 Å². The lowest BCUT2D eigenvalue weighted by Gasteiger charge is -2.03. The van der Waals surface area contributed by atoms with Gasteiger partial charge in [-0.25, -0.2) is 9.18 Å². The Morgan fingerprint density at radius 3 is 2.65 bits per heavy atom. The molecule has 4 nitrogen and oxygen atoms in total. The van der Waals surface area contributed by atoms with Crippen molar-refractivity contribution in [2.45, 2.75) is 19.9 Å². The molecule has 0 aliphatic carbocycles. The Morgan fingerprint density at radius 1 is 1.35 bits per heavy atom. The maximum atomic E-state index is 12.7. The second kappa shape index (κ2) is 6.34. The number of hydrogen-bond acceptors (Lipinski definition) is 3. The molecule has 20 heavy (non-hydrogen) atoms. The van der Waals surface area contributed by atoms with Gasteiger partial charge in [0.2, 0.25) is 5.76 Å². The van der Waals surface area contributed by atoms with Gasteiger partial charge in [-0.15, -0.1) is 0 Å². The van der Waals surface area contributed by atoms with Gasteiger partial charge in [-0.1, -0.05) is 12.1 Å². The minimum Gasteiger partial charge on any atom is -0.475 e. The van der Waals surface area contributed by atoms with Crippen molar-refractivity contribution in [3.05, 3.63) is 58.8 Å². The summed E-state index contributed by atoms with van der Waals surface area (Å²) in [5.74, 6) is -0.714. The Balaban J connectivity index is 1.80. The van der Waals surface area contributed by atoms with E-state index in [1.165, 1.54) is 12.1 Å². The van der Waals surface area contributed by atoms with Crippen LogP contribution in [0.2, 0.25) is 0 Å². The minimum absolute atomic E-state index is 0.0136. The highest BCUT2D eigenvalue weighted by Crippen LogP contribution is 2.14. The number of benzene rings is 1. The second-order valence-corrected chi connectivity index (χ2v) is 4.58. The van der Waals surface area contributed by atoms with E-state index in [0.29, 0.717) is 24.4 Å². The van der Waals surface area contributed by atoms with Crippen molar-refractivity contribution in [1.82, 2.24) is 5.32 Å². The highest BCUT2D eigenvalue weighted by atomic mass is 19.1. The van der Waals surface area contributed by atoms with Gasteiger partial charge in [0.1, 0.15) is 11.6 Å². The number of carboxylic acids is 1. The Bertz CT molecular complexity index is 590. The lowest BCUT2D eigenvalue weighted by molar-refractivity contribution is 0.0659. The van der Waals surface area contributed by atoms with E-state index in [4.69, 9.17) is 9.52 Å². The van der Waals surface area contributed by atoms with E-state index in [-0.39, 0.29) is 11.6 Å². The van der Waals surface area contributed by atoms with E-state index in [9.17, 15) is 9.18 Å². The third-order valence-corrected chi connectivity index (χ3v) is 2.97. The van der Waals surface area contributed by atoms with Crippen LogP contribution in [0, 0.1) is 12.7 Å². The van der Waals surface area contributed by atoms with Gasteiger partial charge in [0.25, 0.3) is 0 Å². The fraction of sp³-hybridized carbons (Fsp3) is 0.267. The third kappa shape index (κ3) is 3.68. The zero-order chi connectivity index (χ0) is 14.5. The molecule has 1 heterocycles. The first-order chi connectivity index (χ1) is 9.56. The van der Waals surface area contributed by atoms with Crippen LogP contribution in [0.1, 0.15) is 27.4 Å². The van der Waals surface area contributed by atoms with Crippen molar-refractivity contribution < 1.29 is 18.7 Å². The first-order valence-corrected chi connectivity index (χ1v) is 6.34. The molecule has 2 rings (SSSR count). The number of carboxylic acid groups (broad SMARTS) is 1. The van der Waals surface area contributed by atoms with Gasteiger partial charge < -0.3 is 14.8 Å². The van der Waals surface area contributed by atoms with Gasteiger partial charge in [-0.3, -0.25) is 0 Å². The Kier molecular flexibility index (Phi) is 4.53. The molecule has 0 bridgehead atoms. The summed E-state index contributed by atoms with van der Waals surface area (Å²) in [4.78, 5) is 10.8. The average Bonchev–Trinajstić information content (AvgIpc) is 2.78. The van der Waals surface area contributed by atoms with Crippen molar-refractivity contribution >= 4 is 5.97 Å². The highest BCUT2D eigenvalue weighted by molar-refractivity contribution is 5.86. The van der Waals surface area contributed by atoms with Crippen LogP contribution in [0.4, 0.5) is 4.39 Å². The largest absolute Gasteiger partial charge is 0.475 e. The van der Waals surface area contributed by atoms with E-state index < -0.39 is 5.97 Å². The minimum atomic E-state index is -1.06. The average molecular weight is 277 g/mol. The summed E-state index contributed by atoms with van der Waals surface area (Å²) >= 11 is 0. The third-order valence-electron chi connectivity index (χ3n) is 2.97. The lowest BCUT2D eigenvalue weighted by Crippen LogP contribution is -2.16. The normalized spacial score (nSPS) is 10.7. The van der Waals surface area contributed by atoms with Gasteiger partial charge in [0, 0.05) is 5.56 Å². The van der Waals surface area contributed by atoms with Crippen molar-refractivity contribution in [3.8, 4) is 0 Å². The Hall–Kier alpha value is -2.14. The molecule has 0 atom stereocenters. The standard InChI is InChI=1S/C15H16FNO3/c1-10-8-13(20-14(10)15(18)19)9-17-7-6-11-2-4-12(16)5-3-11/h2-5,8,17H,6-7,9H2,1H3,(H,18,19). The van der Waals surface area contributed by atoms with Crippen LogP contribution in [0.25, 0.3) is 0 Å². The number of aryl methyl sites for hydroxylation is 1. The fourth-order valence-corrected chi connectivity index (χ4v) is 1.94. The first kappa shape index (κ1) is 14.3. The van der Waals surface area contributed by atoms with E-state index >= 15 is 0 Å². The summed E-state index contributed by atoms with van der Waals surface area (Å²) in [6.45, 7) is 2.87. The fourth-order valence-electron chi connectivity index (χ4n) is 1.94. The molecular formula is C15H16FNO3. The van der Waals surface area contributed by atoms with Crippen LogP contribution >= 0.6 is 0 Å². The maximum absolute atomic E-state index is 12.7. The molecule has 0 unspecified atom stereocenters. The van der Waals surface area contributed by atoms with Crippen molar-refractivity contribution in [1.29, 1.82) is 0 Å². The summed E-state index contributed by atoms with van der Waals surface area (Å²) < 4.78 is 18.0. The molecule has 2 aromatic rings. The molecule has 0 spiro atoms. The molecule has 0 fully saturated rings. The lowest BCUT2D eigenvalue weighted by atomic mass is 10.1. The molecule has 5 heteroatoms. The summed E-state index contributed by atoms with van der Waals surface area (Å²) in [5, 5.41) is 12.0. The predicted molar refractivity (Wildman–Crippen MR) is 72.2 cm³/mol. The second-order valence-electron chi connectivity index (χ2n) is 4.58. The van der Waals surface area contributed by atoms with Gasteiger partial charge >= 0.3 is 5.97 Å². The first-order valence-electron chi connectivity index (χ1n) is 6.34. The number of halogens is 1. The molecule has 0 aliphatic heterocycles.